The summed E-state index contributed by atoms with van der Waals surface area (Å²) < 4.78 is 10.4. The molecule has 1 aliphatic heterocycles. The number of ether oxygens (including phenoxy) is 1. The molecule has 1 aliphatic rings. The lowest BCUT2D eigenvalue weighted by Gasteiger charge is -2.29. The molecule has 0 bridgehead atoms. The van der Waals surface area contributed by atoms with E-state index in [1.54, 1.807) is 18.4 Å². The van der Waals surface area contributed by atoms with Crippen molar-refractivity contribution in [3.05, 3.63) is 47.1 Å². The minimum absolute atomic E-state index is 0.414. The zero-order chi connectivity index (χ0) is 17.9. The van der Waals surface area contributed by atoms with Gasteiger partial charge in [-0.1, -0.05) is 17.3 Å². The van der Waals surface area contributed by atoms with Gasteiger partial charge in [0.25, 0.3) is 0 Å². The van der Waals surface area contributed by atoms with Gasteiger partial charge in [-0.3, -0.25) is 4.90 Å². The Bertz CT molecular complexity index is 868. The van der Waals surface area contributed by atoms with E-state index in [2.05, 4.69) is 26.1 Å². The van der Waals surface area contributed by atoms with Gasteiger partial charge in [0.15, 0.2) is 5.82 Å². The van der Waals surface area contributed by atoms with E-state index in [9.17, 15) is 0 Å². The number of rotatable bonds is 5. The topological polar surface area (TPSA) is 64.3 Å². The molecule has 4 rings (SSSR count). The fourth-order valence-corrected chi connectivity index (χ4v) is 4.27. The molecule has 3 aromatic rings. The molecule has 0 spiro atoms. The molecule has 1 fully saturated rings. The van der Waals surface area contributed by atoms with Crippen LogP contribution in [0.2, 0.25) is 0 Å². The number of hydrogen-bond acceptors (Lipinski definition) is 7. The SMILES string of the molecule is COc1cccc(-c2ncc(CN3CCC(c4noc(C)n4)CC3)s2)c1. The number of likely N-dealkylation sites (tertiary alicyclic amines) is 1. The van der Waals surface area contributed by atoms with E-state index in [0.717, 1.165) is 54.6 Å². The van der Waals surface area contributed by atoms with Crippen LogP contribution in [0.15, 0.2) is 35.0 Å². The molecule has 0 unspecified atom stereocenters. The second-order valence-electron chi connectivity index (χ2n) is 6.59. The third kappa shape index (κ3) is 3.78. The lowest BCUT2D eigenvalue weighted by Crippen LogP contribution is -2.32. The van der Waals surface area contributed by atoms with Crippen molar-refractivity contribution in [2.75, 3.05) is 20.2 Å². The lowest BCUT2D eigenvalue weighted by molar-refractivity contribution is 0.201. The van der Waals surface area contributed by atoms with Crippen molar-refractivity contribution in [3.63, 3.8) is 0 Å². The van der Waals surface area contributed by atoms with Crippen molar-refractivity contribution >= 4 is 11.3 Å². The van der Waals surface area contributed by atoms with E-state index < -0.39 is 0 Å². The highest BCUT2D eigenvalue weighted by atomic mass is 32.1. The zero-order valence-electron chi connectivity index (χ0n) is 15.0. The van der Waals surface area contributed by atoms with Gasteiger partial charge in [-0.2, -0.15) is 4.98 Å². The normalized spacial score (nSPS) is 16.1. The number of methoxy groups -OCH3 is 1. The summed E-state index contributed by atoms with van der Waals surface area (Å²) in [6.07, 6.45) is 4.13. The number of thiazole rings is 1. The number of nitrogens with zero attached hydrogens (tertiary/aromatic N) is 4. The highest BCUT2D eigenvalue weighted by molar-refractivity contribution is 7.15. The molecule has 2 aromatic heterocycles. The summed E-state index contributed by atoms with van der Waals surface area (Å²) in [7, 11) is 1.69. The summed E-state index contributed by atoms with van der Waals surface area (Å²) in [6, 6.07) is 8.05. The molecule has 0 saturated carbocycles. The van der Waals surface area contributed by atoms with Crippen LogP contribution in [0.3, 0.4) is 0 Å². The molecule has 1 saturated heterocycles. The van der Waals surface area contributed by atoms with Crippen LogP contribution in [0, 0.1) is 6.92 Å². The minimum Gasteiger partial charge on any atom is -0.497 e. The molecule has 0 radical (unpaired) electrons. The van der Waals surface area contributed by atoms with Gasteiger partial charge in [-0.05, 0) is 38.1 Å². The van der Waals surface area contributed by atoms with Gasteiger partial charge in [-0.25, -0.2) is 4.98 Å². The summed E-state index contributed by atoms with van der Waals surface area (Å²) in [5.41, 5.74) is 1.10. The van der Waals surface area contributed by atoms with Crippen molar-refractivity contribution in [3.8, 4) is 16.3 Å². The summed E-state index contributed by atoms with van der Waals surface area (Å²) in [5, 5.41) is 5.11. The van der Waals surface area contributed by atoms with Crippen molar-refractivity contribution in [1.29, 1.82) is 0 Å². The molecular weight excluding hydrogens is 348 g/mol. The predicted molar refractivity (Wildman–Crippen MR) is 100 cm³/mol. The van der Waals surface area contributed by atoms with Gasteiger partial charge in [0, 0.05) is 36.0 Å². The first-order valence-corrected chi connectivity index (χ1v) is 9.64. The Labute approximate surface area is 156 Å². The van der Waals surface area contributed by atoms with E-state index in [-0.39, 0.29) is 0 Å². The molecule has 6 nitrogen and oxygen atoms in total. The minimum atomic E-state index is 0.414. The van der Waals surface area contributed by atoms with Crippen LogP contribution < -0.4 is 4.74 Å². The molecule has 0 N–H and O–H groups in total. The maximum absolute atomic E-state index is 5.30. The molecule has 0 aliphatic carbocycles. The van der Waals surface area contributed by atoms with Crippen LogP contribution in [0.25, 0.3) is 10.6 Å². The summed E-state index contributed by atoms with van der Waals surface area (Å²) in [4.78, 5) is 12.7. The molecule has 136 valence electrons. The fourth-order valence-electron chi connectivity index (χ4n) is 3.32. The van der Waals surface area contributed by atoms with Gasteiger partial charge < -0.3 is 9.26 Å². The van der Waals surface area contributed by atoms with Crippen LogP contribution in [0.1, 0.15) is 35.4 Å². The summed E-state index contributed by atoms with van der Waals surface area (Å²) >= 11 is 1.75. The van der Waals surface area contributed by atoms with Crippen LogP contribution in [-0.2, 0) is 6.54 Å². The van der Waals surface area contributed by atoms with Gasteiger partial charge in [-0.15, -0.1) is 11.3 Å². The largest absolute Gasteiger partial charge is 0.497 e. The van der Waals surface area contributed by atoms with Crippen molar-refractivity contribution in [2.45, 2.75) is 32.2 Å². The van der Waals surface area contributed by atoms with Gasteiger partial charge in [0.2, 0.25) is 5.89 Å². The van der Waals surface area contributed by atoms with Crippen LogP contribution in [0.5, 0.6) is 5.75 Å². The number of piperidine rings is 1. The molecule has 0 amide bonds. The molecule has 26 heavy (non-hydrogen) atoms. The first kappa shape index (κ1) is 17.2. The monoisotopic (exact) mass is 370 g/mol. The Morgan fingerprint density at radius 3 is 2.88 bits per heavy atom. The lowest BCUT2D eigenvalue weighted by atomic mass is 9.96. The van der Waals surface area contributed by atoms with Crippen molar-refractivity contribution in [1.82, 2.24) is 20.0 Å². The number of hydrogen-bond donors (Lipinski definition) is 0. The maximum Gasteiger partial charge on any atom is 0.223 e. The zero-order valence-corrected chi connectivity index (χ0v) is 15.8. The second kappa shape index (κ2) is 7.55. The van der Waals surface area contributed by atoms with Crippen LogP contribution >= 0.6 is 11.3 Å². The Kier molecular flexibility index (Phi) is 4.99. The van der Waals surface area contributed by atoms with Crippen molar-refractivity contribution < 1.29 is 9.26 Å². The van der Waals surface area contributed by atoms with E-state index in [1.807, 2.05) is 31.3 Å². The highest BCUT2D eigenvalue weighted by Gasteiger charge is 2.24. The Morgan fingerprint density at radius 1 is 1.31 bits per heavy atom. The molecular formula is C19H22N4O2S. The highest BCUT2D eigenvalue weighted by Crippen LogP contribution is 2.30. The third-order valence-electron chi connectivity index (χ3n) is 4.75. The fraction of sp³-hybridized carbons (Fsp3) is 0.421. The van der Waals surface area contributed by atoms with Crippen molar-refractivity contribution in [2.24, 2.45) is 0 Å². The quantitative estimate of drug-likeness (QED) is 0.679. The van der Waals surface area contributed by atoms with E-state index in [4.69, 9.17) is 9.26 Å². The van der Waals surface area contributed by atoms with Gasteiger partial charge >= 0.3 is 0 Å². The molecule has 3 heterocycles. The average molecular weight is 370 g/mol. The third-order valence-corrected chi connectivity index (χ3v) is 5.78. The Hall–Kier alpha value is -2.25. The first-order valence-electron chi connectivity index (χ1n) is 8.83. The molecule has 0 atom stereocenters. The maximum atomic E-state index is 5.30. The Morgan fingerprint density at radius 2 is 2.15 bits per heavy atom. The average Bonchev–Trinajstić information content (AvgIpc) is 3.32. The summed E-state index contributed by atoms with van der Waals surface area (Å²) in [5.74, 6) is 2.79. The number of benzene rings is 1. The molecule has 1 aromatic carbocycles. The molecule has 7 heteroatoms. The van der Waals surface area contributed by atoms with Gasteiger partial charge in [0.1, 0.15) is 10.8 Å². The Balaban J connectivity index is 1.36. The van der Waals surface area contributed by atoms with Crippen LogP contribution in [-0.4, -0.2) is 40.2 Å². The standard InChI is InChI=1S/C19H22N4O2S/c1-13-21-18(22-25-13)14-6-8-23(9-7-14)12-17-11-20-19(26-17)15-4-3-5-16(10-15)24-2/h3-5,10-11,14H,6-9,12H2,1-2H3. The van der Waals surface area contributed by atoms with Gasteiger partial charge in [0.05, 0.1) is 7.11 Å². The van der Waals surface area contributed by atoms with E-state index in [0.29, 0.717) is 11.8 Å². The first-order chi connectivity index (χ1) is 12.7. The van der Waals surface area contributed by atoms with E-state index >= 15 is 0 Å². The summed E-state index contributed by atoms with van der Waals surface area (Å²) in [6.45, 7) is 4.88. The second-order valence-corrected chi connectivity index (χ2v) is 7.70. The number of aromatic nitrogens is 3. The van der Waals surface area contributed by atoms with Crippen LogP contribution in [0.4, 0.5) is 0 Å². The predicted octanol–water partition coefficient (Wildman–Crippen LogP) is 3.89. The number of aryl methyl sites for hydroxylation is 1. The van der Waals surface area contributed by atoms with E-state index in [1.165, 1.54) is 4.88 Å². The smallest absolute Gasteiger partial charge is 0.223 e.